The molecule has 0 aliphatic carbocycles. The van der Waals surface area contributed by atoms with Gasteiger partial charge in [-0.25, -0.2) is 13.8 Å². The molecule has 1 aromatic heterocycles. The average molecular weight is 294 g/mol. The molecule has 8 heteroatoms. The number of aryl methyl sites for hydroxylation is 1. The smallest absolute Gasteiger partial charge is 0.276 e. The van der Waals surface area contributed by atoms with Crippen molar-refractivity contribution in [3.05, 3.63) is 51.6 Å². The van der Waals surface area contributed by atoms with E-state index in [1.54, 1.807) is 0 Å². The van der Waals surface area contributed by atoms with Gasteiger partial charge in [-0.15, -0.1) is 0 Å². The van der Waals surface area contributed by atoms with Crippen molar-refractivity contribution in [2.24, 2.45) is 0 Å². The lowest BCUT2D eigenvalue weighted by atomic mass is 10.2. The first kappa shape index (κ1) is 14.6. The van der Waals surface area contributed by atoms with Crippen LogP contribution < -0.4 is 10.6 Å². The van der Waals surface area contributed by atoms with Gasteiger partial charge < -0.3 is 10.6 Å². The minimum atomic E-state index is -0.808. The van der Waals surface area contributed by atoms with Gasteiger partial charge in [0, 0.05) is 7.05 Å². The summed E-state index contributed by atoms with van der Waals surface area (Å²) < 4.78 is 27.6. The second-order valence-electron chi connectivity index (χ2n) is 4.28. The minimum Gasteiger partial charge on any atom is -0.373 e. The first-order valence-electron chi connectivity index (χ1n) is 5.98. The van der Waals surface area contributed by atoms with Crippen molar-refractivity contribution >= 4 is 23.0 Å². The highest BCUT2D eigenvalue weighted by Crippen LogP contribution is 2.27. The Labute approximate surface area is 119 Å². The highest BCUT2D eigenvalue weighted by molar-refractivity contribution is 5.63. The molecule has 0 fully saturated rings. The second kappa shape index (κ2) is 5.70. The fraction of sp³-hybridized carbons (Fsp3) is 0.154. The first-order chi connectivity index (χ1) is 9.92. The number of anilines is 3. The van der Waals surface area contributed by atoms with Crippen LogP contribution in [-0.2, 0) is 0 Å². The number of nitro groups is 1. The van der Waals surface area contributed by atoms with Gasteiger partial charge in [-0.3, -0.25) is 10.1 Å². The number of hydrogen-bond donors (Lipinski definition) is 2. The maximum atomic E-state index is 13.9. The lowest BCUT2D eigenvalue weighted by molar-refractivity contribution is -0.384. The van der Waals surface area contributed by atoms with E-state index in [9.17, 15) is 18.9 Å². The molecule has 0 saturated carbocycles. The zero-order valence-electron chi connectivity index (χ0n) is 11.3. The van der Waals surface area contributed by atoms with Gasteiger partial charge in [-0.2, -0.15) is 0 Å². The van der Waals surface area contributed by atoms with E-state index in [4.69, 9.17) is 0 Å². The maximum Gasteiger partial charge on any atom is 0.276 e. The predicted molar refractivity (Wildman–Crippen MR) is 74.8 cm³/mol. The minimum absolute atomic E-state index is 0.0306. The van der Waals surface area contributed by atoms with E-state index >= 15 is 0 Å². The molecule has 0 radical (unpaired) electrons. The van der Waals surface area contributed by atoms with Crippen LogP contribution in [0.1, 0.15) is 5.56 Å². The molecular formula is C13H12F2N4O2. The zero-order valence-corrected chi connectivity index (χ0v) is 11.3. The Bertz CT molecular complexity index is 707. The highest BCUT2D eigenvalue weighted by atomic mass is 19.1. The number of nitrogens with one attached hydrogen (secondary N) is 2. The Morgan fingerprint density at radius 2 is 1.90 bits per heavy atom. The molecule has 6 nitrogen and oxygen atoms in total. The van der Waals surface area contributed by atoms with E-state index in [1.165, 1.54) is 26.1 Å². The highest BCUT2D eigenvalue weighted by Gasteiger charge is 2.15. The molecule has 1 aromatic carbocycles. The van der Waals surface area contributed by atoms with Crippen molar-refractivity contribution in [3.63, 3.8) is 0 Å². The number of nitrogens with zero attached hydrogens (tertiary/aromatic N) is 2. The number of rotatable bonds is 4. The molecule has 0 saturated heterocycles. The van der Waals surface area contributed by atoms with Gasteiger partial charge in [0.2, 0.25) is 0 Å². The Morgan fingerprint density at radius 1 is 1.24 bits per heavy atom. The van der Waals surface area contributed by atoms with Crippen molar-refractivity contribution < 1.29 is 13.7 Å². The summed E-state index contributed by atoms with van der Waals surface area (Å²) in [6.45, 7) is 1.49. The van der Waals surface area contributed by atoms with Crippen LogP contribution in [0, 0.1) is 28.7 Å². The number of pyridine rings is 1. The predicted octanol–water partition coefficient (Wildman–Crippen LogP) is 3.36. The lowest BCUT2D eigenvalue weighted by Gasteiger charge is -2.10. The van der Waals surface area contributed by atoms with Crippen LogP contribution in [0.15, 0.2) is 24.3 Å². The molecule has 0 unspecified atom stereocenters. The molecule has 2 rings (SSSR count). The summed E-state index contributed by atoms with van der Waals surface area (Å²) in [6, 6.07) is 4.73. The van der Waals surface area contributed by atoms with Gasteiger partial charge >= 0.3 is 0 Å². The van der Waals surface area contributed by atoms with Crippen molar-refractivity contribution in [3.8, 4) is 0 Å². The topological polar surface area (TPSA) is 80.1 Å². The Kier molecular flexibility index (Phi) is 3.97. The fourth-order valence-corrected chi connectivity index (χ4v) is 1.71. The average Bonchev–Trinajstić information content (AvgIpc) is 2.47. The van der Waals surface area contributed by atoms with Crippen LogP contribution in [0.25, 0.3) is 0 Å². The monoisotopic (exact) mass is 294 g/mol. The maximum absolute atomic E-state index is 13.9. The molecule has 110 valence electrons. The Balaban J connectivity index is 2.47. The molecule has 2 aromatic rings. The van der Waals surface area contributed by atoms with Crippen molar-refractivity contribution in [2.75, 3.05) is 17.7 Å². The van der Waals surface area contributed by atoms with E-state index in [2.05, 4.69) is 15.6 Å². The van der Waals surface area contributed by atoms with Crippen molar-refractivity contribution in [1.29, 1.82) is 0 Å². The molecular weight excluding hydrogens is 282 g/mol. The molecule has 0 spiro atoms. The number of benzene rings is 1. The van der Waals surface area contributed by atoms with Gasteiger partial charge in [0.15, 0.2) is 5.82 Å². The van der Waals surface area contributed by atoms with E-state index in [0.29, 0.717) is 0 Å². The van der Waals surface area contributed by atoms with Crippen LogP contribution in [-0.4, -0.2) is 17.0 Å². The summed E-state index contributed by atoms with van der Waals surface area (Å²) in [4.78, 5) is 14.2. The van der Waals surface area contributed by atoms with Gasteiger partial charge in [-0.1, -0.05) is 6.07 Å². The number of hydrogen-bond acceptors (Lipinski definition) is 5. The van der Waals surface area contributed by atoms with Gasteiger partial charge in [0.25, 0.3) is 5.69 Å². The molecule has 0 bridgehead atoms. The van der Waals surface area contributed by atoms with E-state index < -0.39 is 22.2 Å². The largest absolute Gasteiger partial charge is 0.373 e. The van der Waals surface area contributed by atoms with Crippen LogP contribution in [0.2, 0.25) is 0 Å². The van der Waals surface area contributed by atoms with Crippen LogP contribution in [0.3, 0.4) is 0 Å². The van der Waals surface area contributed by atoms with Gasteiger partial charge in [-0.05, 0) is 18.6 Å². The van der Waals surface area contributed by atoms with E-state index in [-0.39, 0.29) is 22.9 Å². The van der Waals surface area contributed by atoms with Gasteiger partial charge in [0.05, 0.1) is 17.1 Å². The summed E-state index contributed by atoms with van der Waals surface area (Å²) in [5.74, 6) is -1.40. The second-order valence-corrected chi connectivity index (χ2v) is 4.28. The fourth-order valence-electron chi connectivity index (χ4n) is 1.71. The van der Waals surface area contributed by atoms with Crippen LogP contribution in [0.5, 0.6) is 0 Å². The molecule has 0 aliphatic rings. The molecule has 1 heterocycles. The number of halogens is 2. The quantitative estimate of drug-likeness (QED) is 0.667. The molecule has 2 N–H and O–H groups in total. The lowest BCUT2D eigenvalue weighted by Crippen LogP contribution is -2.04. The summed E-state index contributed by atoms with van der Waals surface area (Å²) in [5, 5.41) is 15.9. The SMILES string of the molecule is CNc1cc([N+](=O)[O-])cc(Nc2c(F)ccc(C)c2F)n1. The third-order valence-corrected chi connectivity index (χ3v) is 2.81. The first-order valence-corrected chi connectivity index (χ1v) is 5.98. The van der Waals surface area contributed by atoms with Gasteiger partial charge in [0.1, 0.15) is 23.1 Å². The van der Waals surface area contributed by atoms with Crippen molar-refractivity contribution in [1.82, 2.24) is 4.98 Å². The molecule has 0 aliphatic heterocycles. The Hall–Kier alpha value is -2.77. The zero-order chi connectivity index (χ0) is 15.6. The summed E-state index contributed by atoms with van der Waals surface area (Å²) in [6.07, 6.45) is 0. The standard InChI is InChI=1S/C13H12F2N4O2/c1-7-3-4-9(14)13(12(7)15)18-11-6-8(19(20)21)5-10(16-2)17-11/h3-6H,1-2H3,(H2,16,17,18). The molecule has 21 heavy (non-hydrogen) atoms. The van der Waals surface area contributed by atoms with Crippen LogP contribution in [0.4, 0.5) is 31.8 Å². The number of aromatic nitrogens is 1. The third-order valence-electron chi connectivity index (χ3n) is 2.81. The molecule has 0 amide bonds. The van der Waals surface area contributed by atoms with E-state index in [1.807, 2.05) is 0 Å². The summed E-state index contributed by atoms with van der Waals surface area (Å²) >= 11 is 0. The van der Waals surface area contributed by atoms with Crippen molar-refractivity contribution in [2.45, 2.75) is 6.92 Å². The third kappa shape index (κ3) is 3.04. The van der Waals surface area contributed by atoms with E-state index in [0.717, 1.165) is 12.1 Å². The summed E-state index contributed by atoms with van der Waals surface area (Å²) in [5.41, 5.74) is -0.395. The Morgan fingerprint density at radius 3 is 2.52 bits per heavy atom. The summed E-state index contributed by atoms with van der Waals surface area (Å²) in [7, 11) is 1.53. The van der Waals surface area contributed by atoms with Crippen LogP contribution >= 0.6 is 0 Å². The normalized spacial score (nSPS) is 10.3. The molecule has 0 atom stereocenters.